The molecule has 0 heterocycles. The lowest BCUT2D eigenvalue weighted by atomic mass is 10.1. The van der Waals surface area contributed by atoms with Crippen LogP contribution in [-0.2, 0) is 6.61 Å². The largest absolute Gasteiger partial charge is 0.493 e. The number of carbonyl (C=O) groups is 1. The minimum absolute atomic E-state index is 0.355. The van der Waals surface area contributed by atoms with E-state index in [2.05, 4.69) is 27.9 Å². The van der Waals surface area contributed by atoms with Gasteiger partial charge in [-0.25, -0.2) is 4.39 Å². The van der Waals surface area contributed by atoms with Crippen LogP contribution in [-0.4, -0.2) is 13.0 Å². The van der Waals surface area contributed by atoms with Crippen LogP contribution in [0, 0.1) is 9.39 Å². The summed E-state index contributed by atoms with van der Waals surface area (Å²) in [5.41, 5.74) is 1.81. The van der Waals surface area contributed by atoms with Crippen LogP contribution in [0.25, 0.3) is 0 Å². The summed E-state index contributed by atoms with van der Waals surface area (Å²) in [5, 5.41) is 2.68. The average Bonchev–Trinajstić information content (AvgIpc) is 2.67. The number of methoxy groups -OCH3 is 1. The number of rotatable bonds is 6. The molecule has 0 aliphatic heterocycles. The second-order valence-electron chi connectivity index (χ2n) is 5.73. The van der Waals surface area contributed by atoms with E-state index in [9.17, 15) is 9.18 Å². The molecule has 0 aliphatic carbocycles. The summed E-state index contributed by atoms with van der Waals surface area (Å²) in [6.45, 7) is 0.391. The Morgan fingerprint density at radius 2 is 1.85 bits per heavy atom. The summed E-state index contributed by atoms with van der Waals surface area (Å²) in [4.78, 5) is 12.5. The van der Waals surface area contributed by atoms with Crippen LogP contribution in [0.2, 0.25) is 0 Å². The van der Waals surface area contributed by atoms with Crippen molar-refractivity contribution in [2.24, 2.45) is 0 Å². The Morgan fingerprint density at radius 3 is 2.56 bits per heavy atom. The second-order valence-corrected chi connectivity index (χ2v) is 6.89. The van der Waals surface area contributed by atoms with E-state index in [1.807, 2.05) is 30.3 Å². The van der Waals surface area contributed by atoms with Gasteiger partial charge in [0.25, 0.3) is 5.91 Å². The lowest BCUT2D eigenvalue weighted by Crippen LogP contribution is -2.13. The monoisotopic (exact) mass is 477 g/mol. The summed E-state index contributed by atoms with van der Waals surface area (Å²) in [6.07, 6.45) is 0. The molecular weight excluding hydrogens is 460 g/mol. The molecule has 27 heavy (non-hydrogen) atoms. The Hall–Kier alpha value is -2.61. The van der Waals surface area contributed by atoms with E-state index < -0.39 is 5.82 Å². The van der Waals surface area contributed by atoms with Gasteiger partial charge in [-0.2, -0.15) is 0 Å². The quantitative estimate of drug-likeness (QED) is 0.493. The molecule has 0 fully saturated rings. The normalized spacial score (nSPS) is 10.3. The number of carbonyl (C=O) groups excluding carboxylic acids is 1. The van der Waals surface area contributed by atoms with Crippen molar-refractivity contribution >= 4 is 34.2 Å². The maximum absolute atomic E-state index is 13.3. The Morgan fingerprint density at radius 1 is 1.07 bits per heavy atom. The van der Waals surface area contributed by atoms with E-state index in [1.165, 1.54) is 25.3 Å². The zero-order valence-corrected chi connectivity index (χ0v) is 16.7. The molecule has 6 heteroatoms. The fourth-order valence-corrected chi connectivity index (χ4v) is 3.25. The number of hydrogen-bond donors (Lipinski definition) is 1. The number of nitrogens with one attached hydrogen (secondary N) is 1. The Balaban J connectivity index is 1.79. The molecule has 0 aliphatic rings. The number of anilines is 1. The number of amides is 1. The molecule has 0 spiro atoms. The van der Waals surface area contributed by atoms with Crippen molar-refractivity contribution in [2.45, 2.75) is 6.61 Å². The zero-order chi connectivity index (χ0) is 19.2. The molecule has 0 atom stereocenters. The van der Waals surface area contributed by atoms with Crippen molar-refractivity contribution in [2.75, 3.05) is 12.4 Å². The zero-order valence-electron chi connectivity index (χ0n) is 14.5. The first-order chi connectivity index (χ1) is 13.1. The number of halogens is 2. The van der Waals surface area contributed by atoms with Gasteiger partial charge in [-0.05, 0) is 58.5 Å². The van der Waals surface area contributed by atoms with Crippen LogP contribution in [0.5, 0.6) is 11.5 Å². The molecule has 0 saturated heterocycles. The molecule has 4 nitrogen and oxygen atoms in total. The minimum atomic E-state index is -0.412. The Labute approximate surface area is 170 Å². The van der Waals surface area contributed by atoms with Crippen LogP contribution in [0.3, 0.4) is 0 Å². The number of benzene rings is 3. The van der Waals surface area contributed by atoms with Crippen molar-refractivity contribution < 1.29 is 18.7 Å². The second kappa shape index (κ2) is 8.85. The topological polar surface area (TPSA) is 47.6 Å². The summed E-state index contributed by atoms with van der Waals surface area (Å²) in [6, 6.07) is 18.8. The van der Waals surface area contributed by atoms with Crippen LogP contribution < -0.4 is 14.8 Å². The highest BCUT2D eigenvalue weighted by Crippen LogP contribution is 2.34. The molecule has 1 N–H and O–H groups in total. The van der Waals surface area contributed by atoms with Gasteiger partial charge in [-0.15, -0.1) is 0 Å². The van der Waals surface area contributed by atoms with E-state index in [1.54, 1.807) is 18.2 Å². The van der Waals surface area contributed by atoms with Crippen LogP contribution in [0.1, 0.15) is 15.9 Å². The van der Waals surface area contributed by atoms with Gasteiger partial charge in [-0.3, -0.25) is 4.79 Å². The molecule has 0 unspecified atom stereocenters. The number of hydrogen-bond acceptors (Lipinski definition) is 3. The third-order valence-corrected chi connectivity index (χ3v) is 4.60. The van der Waals surface area contributed by atoms with Crippen LogP contribution in [0.4, 0.5) is 10.1 Å². The Kier molecular flexibility index (Phi) is 6.28. The van der Waals surface area contributed by atoms with Crippen molar-refractivity contribution in [3.8, 4) is 11.5 Å². The fourth-order valence-electron chi connectivity index (χ4n) is 2.49. The predicted octanol–water partition coefficient (Wildman–Crippen LogP) is 5.27. The molecule has 0 radical (unpaired) electrons. The highest BCUT2D eigenvalue weighted by Gasteiger charge is 2.16. The third kappa shape index (κ3) is 4.97. The van der Waals surface area contributed by atoms with Crippen molar-refractivity contribution in [1.82, 2.24) is 0 Å². The van der Waals surface area contributed by atoms with Crippen molar-refractivity contribution in [3.05, 3.63) is 87.2 Å². The SMILES string of the molecule is COc1cc(C(=O)Nc2cccc(F)c2)cc(I)c1OCc1ccccc1. The molecule has 3 aromatic rings. The maximum atomic E-state index is 13.3. The molecule has 3 aromatic carbocycles. The Bertz CT molecular complexity index is 947. The van der Waals surface area contributed by atoms with E-state index >= 15 is 0 Å². The molecule has 3 rings (SSSR count). The van der Waals surface area contributed by atoms with Gasteiger partial charge in [0.15, 0.2) is 11.5 Å². The summed E-state index contributed by atoms with van der Waals surface area (Å²) in [5.74, 6) is 0.266. The summed E-state index contributed by atoms with van der Waals surface area (Å²) >= 11 is 2.10. The standard InChI is InChI=1S/C21H17FINO3/c1-26-19-11-15(21(25)24-17-9-5-8-16(22)12-17)10-18(23)20(19)27-13-14-6-3-2-4-7-14/h2-12H,13H2,1H3,(H,24,25). The first-order valence-electron chi connectivity index (χ1n) is 8.18. The third-order valence-electron chi connectivity index (χ3n) is 3.80. The van der Waals surface area contributed by atoms with Crippen LogP contribution >= 0.6 is 22.6 Å². The van der Waals surface area contributed by atoms with Gasteiger partial charge < -0.3 is 14.8 Å². The minimum Gasteiger partial charge on any atom is -0.493 e. The smallest absolute Gasteiger partial charge is 0.255 e. The van der Waals surface area contributed by atoms with Gasteiger partial charge in [0.2, 0.25) is 0 Å². The lowest BCUT2D eigenvalue weighted by Gasteiger charge is -2.14. The summed E-state index contributed by atoms with van der Waals surface area (Å²) < 4.78 is 25.3. The van der Waals surface area contributed by atoms with Gasteiger partial charge >= 0.3 is 0 Å². The molecule has 0 bridgehead atoms. The van der Waals surface area contributed by atoms with Gasteiger partial charge in [0, 0.05) is 11.3 Å². The molecule has 0 saturated carbocycles. The first-order valence-corrected chi connectivity index (χ1v) is 9.26. The van der Waals surface area contributed by atoms with Gasteiger partial charge in [-0.1, -0.05) is 36.4 Å². The highest BCUT2D eigenvalue weighted by atomic mass is 127. The van der Waals surface area contributed by atoms with E-state index in [0.29, 0.717) is 29.4 Å². The van der Waals surface area contributed by atoms with Crippen LogP contribution in [0.15, 0.2) is 66.7 Å². The predicted molar refractivity (Wildman–Crippen MR) is 111 cm³/mol. The van der Waals surface area contributed by atoms with E-state index in [0.717, 1.165) is 9.13 Å². The molecule has 138 valence electrons. The number of ether oxygens (including phenoxy) is 2. The van der Waals surface area contributed by atoms with E-state index in [4.69, 9.17) is 9.47 Å². The van der Waals surface area contributed by atoms with Crippen molar-refractivity contribution in [1.29, 1.82) is 0 Å². The van der Waals surface area contributed by atoms with Gasteiger partial charge in [0.05, 0.1) is 10.7 Å². The average molecular weight is 477 g/mol. The molecular formula is C21H17FINO3. The van der Waals surface area contributed by atoms with Crippen molar-refractivity contribution in [3.63, 3.8) is 0 Å². The maximum Gasteiger partial charge on any atom is 0.255 e. The van der Waals surface area contributed by atoms with E-state index in [-0.39, 0.29) is 5.91 Å². The van der Waals surface area contributed by atoms with Gasteiger partial charge in [0.1, 0.15) is 12.4 Å². The first kappa shape index (κ1) is 19.2. The summed E-state index contributed by atoms with van der Waals surface area (Å²) in [7, 11) is 1.52. The fraction of sp³-hybridized carbons (Fsp3) is 0.0952. The highest BCUT2D eigenvalue weighted by molar-refractivity contribution is 14.1. The molecule has 1 amide bonds. The lowest BCUT2D eigenvalue weighted by molar-refractivity contribution is 0.102. The molecule has 0 aromatic heterocycles.